The molecule has 21 heavy (non-hydrogen) atoms. The summed E-state index contributed by atoms with van der Waals surface area (Å²) < 4.78 is 5.43. The second-order valence-electron chi connectivity index (χ2n) is 7.02. The zero-order valence-electron chi connectivity index (χ0n) is 13.2. The highest BCUT2D eigenvalue weighted by molar-refractivity contribution is 5.78. The summed E-state index contributed by atoms with van der Waals surface area (Å²) in [5, 5.41) is 9.17. The van der Waals surface area contributed by atoms with E-state index in [1.165, 1.54) is 0 Å². The molecule has 0 aromatic rings. The minimum Gasteiger partial charge on any atom is -0.444 e. The smallest absolute Gasteiger partial charge is 0.410 e. The lowest BCUT2D eigenvalue weighted by Gasteiger charge is -2.31. The topological polar surface area (TPSA) is 70.1 Å². The summed E-state index contributed by atoms with van der Waals surface area (Å²) in [5.74, 6) is 0.110. The Hall–Kier alpha value is -1.30. The second-order valence-corrected chi connectivity index (χ2v) is 7.02. The van der Waals surface area contributed by atoms with Crippen LogP contribution in [0.25, 0.3) is 0 Å². The number of aliphatic hydroxyl groups excluding tert-OH is 1. The number of likely N-dealkylation sites (tertiary alicyclic amines) is 2. The van der Waals surface area contributed by atoms with E-state index < -0.39 is 5.60 Å². The predicted octanol–water partition coefficient (Wildman–Crippen LogP) is 1.23. The Kier molecular flexibility index (Phi) is 4.76. The lowest BCUT2D eigenvalue weighted by Crippen LogP contribution is -2.45. The van der Waals surface area contributed by atoms with Crippen LogP contribution in [-0.2, 0) is 9.53 Å². The molecule has 2 rings (SSSR count). The average Bonchev–Trinajstić information content (AvgIpc) is 2.95. The standard InChI is InChI=1S/C15H26N2O4/c1-15(2,3)21-14(20)17-6-4-5-12(17)9-16-8-11(10-18)7-13(16)19/h11-12,18H,4-10H2,1-3H3/t11?,12-/m1/s1. The van der Waals surface area contributed by atoms with Crippen molar-refractivity contribution in [3.05, 3.63) is 0 Å². The molecular formula is C15H26N2O4. The molecule has 2 fully saturated rings. The maximum Gasteiger partial charge on any atom is 0.410 e. The molecule has 6 heteroatoms. The number of carbonyl (C=O) groups is 2. The summed E-state index contributed by atoms with van der Waals surface area (Å²) in [6, 6.07) is 0.0289. The van der Waals surface area contributed by atoms with Crippen molar-refractivity contribution in [2.24, 2.45) is 5.92 Å². The minimum absolute atomic E-state index is 0.0289. The van der Waals surface area contributed by atoms with Crippen LogP contribution in [0.15, 0.2) is 0 Å². The number of nitrogens with zero attached hydrogens (tertiary/aromatic N) is 2. The van der Waals surface area contributed by atoms with Crippen LogP contribution < -0.4 is 0 Å². The number of hydrogen-bond acceptors (Lipinski definition) is 4. The molecule has 6 nitrogen and oxygen atoms in total. The van der Waals surface area contributed by atoms with Gasteiger partial charge in [0, 0.05) is 38.6 Å². The van der Waals surface area contributed by atoms with Gasteiger partial charge in [-0.3, -0.25) is 4.79 Å². The number of amides is 2. The van der Waals surface area contributed by atoms with Gasteiger partial charge < -0.3 is 19.6 Å². The van der Waals surface area contributed by atoms with Gasteiger partial charge in [0.1, 0.15) is 5.60 Å². The van der Waals surface area contributed by atoms with Gasteiger partial charge in [-0.25, -0.2) is 4.79 Å². The fourth-order valence-corrected chi connectivity index (χ4v) is 2.99. The van der Waals surface area contributed by atoms with E-state index in [2.05, 4.69) is 0 Å². The zero-order chi connectivity index (χ0) is 15.6. The van der Waals surface area contributed by atoms with Gasteiger partial charge in [-0.2, -0.15) is 0 Å². The summed E-state index contributed by atoms with van der Waals surface area (Å²) in [7, 11) is 0. The number of aliphatic hydroxyl groups is 1. The molecule has 0 saturated carbocycles. The van der Waals surface area contributed by atoms with E-state index in [1.807, 2.05) is 20.8 Å². The highest BCUT2D eigenvalue weighted by Crippen LogP contribution is 2.24. The van der Waals surface area contributed by atoms with Crippen molar-refractivity contribution >= 4 is 12.0 Å². The summed E-state index contributed by atoms with van der Waals surface area (Å²) in [5.41, 5.74) is -0.504. The Bertz CT molecular complexity index is 405. The largest absolute Gasteiger partial charge is 0.444 e. The molecule has 0 aromatic carbocycles. The lowest BCUT2D eigenvalue weighted by atomic mass is 10.1. The molecule has 0 aliphatic carbocycles. The quantitative estimate of drug-likeness (QED) is 0.850. The summed E-state index contributed by atoms with van der Waals surface area (Å²) in [6.07, 6.45) is 1.95. The zero-order valence-corrected chi connectivity index (χ0v) is 13.2. The predicted molar refractivity (Wildman–Crippen MR) is 77.7 cm³/mol. The SMILES string of the molecule is CC(C)(C)OC(=O)N1CCC[C@@H]1CN1CC(CO)CC1=O. The van der Waals surface area contributed by atoms with Gasteiger partial charge in [0.2, 0.25) is 5.91 Å². The molecule has 1 N–H and O–H groups in total. The molecule has 2 atom stereocenters. The number of carbonyl (C=O) groups excluding carboxylic acids is 2. The Morgan fingerprint density at radius 2 is 2.14 bits per heavy atom. The van der Waals surface area contributed by atoms with Gasteiger partial charge >= 0.3 is 6.09 Å². The first-order chi connectivity index (χ1) is 9.80. The van der Waals surface area contributed by atoms with Crippen molar-refractivity contribution in [1.29, 1.82) is 0 Å². The van der Waals surface area contributed by atoms with E-state index in [4.69, 9.17) is 9.84 Å². The van der Waals surface area contributed by atoms with Crippen LogP contribution in [0.4, 0.5) is 4.79 Å². The van der Waals surface area contributed by atoms with Crippen molar-refractivity contribution in [1.82, 2.24) is 9.80 Å². The summed E-state index contributed by atoms with van der Waals surface area (Å²) >= 11 is 0. The fourth-order valence-electron chi connectivity index (χ4n) is 2.99. The molecule has 2 amide bonds. The highest BCUT2D eigenvalue weighted by Gasteiger charge is 2.36. The molecule has 2 aliphatic rings. The van der Waals surface area contributed by atoms with Crippen LogP contribution in [0.2, 0.25) is 0 Å². The van der Waals surface area contributed by atoms with Crippen molar-refractivity contribution in [2.75, 3.05) is 26.2 Å². The van der Waals surface area contributed by atoms with E-state index in [9.17, 15) is 9.59 Å². The van der Waals surface area contributed by atoms with Gasteiger partial charge in [-0.15, -0.1) is 0 Å². The van der Waals surface area contributed by atoms with Crippen LogP contribution in [0, 0.1) is 5.92 Å². The first kappa shape index (κ1) is 16.1. The van der Waals surface area contributed by atoms with E-state index >= 15 is 0 Å². The van der Waals surface area contributed by atoms with E-state index in [1.54, 1.807) is 9.80 Å². The first-order valence-electron chi connectivity index (χ1n) is 7.68. The minimum atomic E-state index is -0.504. The van der Waals surface area contributed by atoms with Crippen molar-refractivity contribution in [3.63, 3.8) is 0 Å². The summed E-state index contributed by atoms with van der Waals surface area (Å²) in [4.78, 5) is 27.6. The first-order valence-corrected chi connectivity index (χ1v) is 7.68. The molecular weight excluding hydrogens is 272 g/mol. The van der Waals surface area contributed by atoms with E-state index in [0.29, 0.717) is 26.1 Å². The van der Waals surface area contributed by atoms with Crippen LogP contribution >= 0.6 is 0 Å². The van der Waals surface area contributed by atoms with Crippen LogP contribution in [0.1, 0.15) is 40.0 Å². The van der Waals surface area contributed by atoms with Gasteiger partial charge in [-0.05, 0) is 33.6 Å². The van der Waals surface area contributed by atoms with Crippen LogP contribution in [0.5, 0.6) is 0 Å². The molecule has 2 heterocycles. The molecule has 0 bridgehead atoms. The molecule has 120 valence electrons. The maximum atomic E-state index is 12.2. The maximum absolute atomic E-state index is 12.2. The Morgan fingerprint density at radius 3 is 2.71 bits per heavy atom. The molecule has 0 radical (unpaired) electrons. The van der Waals surface area contributed by atoms with Crippen LogP contribution in [0.3, 0.4) is 0 Å². The van der Waals surface area contributed by atoms with Crippen LogP contribution in [-0.4, -0.2) is 64.8 Å². The fraction of sp³-hybridized carbons (Fsp3) is 0.867. The second kappa shape index (κ2) is 6.22. The van der Waals surface area contributed by atoms with Crippen molar-refractivity contribution in [2.45, 2.75) is 51.7 Å². The van der Waals surface area contributed by atoms with Crippen molar-refractivity contribution in [3.8, 4) is 0 Å². The molecule has 2 saturated heterocycles. The molecule has 0 spiro atoms. The van der Waals surface area contributed by atoms with Gasteiger partial charge in [0.25, 0.3) is 0 Å². The number of ether oxygens (including phenoxy) is 1. The number of rotatable bonds is 3. The molecule has 2 aliphatic heterocycles. The van der Waals surface area contributed by atoms with E-state index in [-0.39, 0.29) is 30.6 Å². The van der Waals surface area contributed by atoms with Crippen molar-refractivity contribution < 1.29 is 19.4 Å². The normalized spacial score (nSPS) is 26.6. The monoisotopic (exact) mass is 298 g/mol. The third kappa shape index (κ3) is 4.09. The van der Waals surface area contributed by atoms with Gasteiger partial charge in [-0.1, -0.05) is 0 Å². The molecule has 0 aromatic heterocycles. The Labute approximate surface area is 126 Å². The average molecular weight is 298 g/mol. The number of hydrogen-bond donors (Lipinski definition) is 1. The van der Waals surface area contributed by atoms with Gasteiger partial charge in [0.05, 0.1) is 6.04 Å². The Balaban J connectivity index is 1.93. The summed E-state index contributed by atoms with van der Waals surface area (Å²) in [6.45, 7) is 7.43. The lowest BCUT2D eigenvalue weighted by molar-refractivity contribution is -0.128. The third-order valence-corrected chi connectivity index (χ3v) is 3.99. The van der Waals surface area contributed by atoms with Gasteiger partial charge in [0.15, 0.2) is 0 Å². The highest BCUT2D eigenvalue weighted by atomic mass is 16.6. The molecule has 1 unspecified atom stereocenters. The van der Waals surface area contributed by atoms with E-state index in [0.717, 1.165) is 12.8 Å². The Morgan fingerprint density at radius 1 is 1.43 bits per heavy atom. The third-order valence-electron chi connectivity index (χ3n) is 3.99.